The highest BCUT2D eigenvalue weighted by atomic mass is 16.4. The van der Waals surface area contributed by atoms with Crippen LogP contribution in [0.25, 0.3) is 10.8 Å². The van der Waals surface area contributed by atoms with Gasteiger partial charge in [0.15, 0.2) is 5.82 Å². The first kappa shape index (κ1) is 14.2. The molecule has 1 unspecified atom stereocenters. The fraction of sp³-hybridized carbons (Fsp3) is 0.400. The highest BCUT2D eigenvalue weighted by Crippen LogP contribution is 2.23. The Balaban J connectivity index is 2.10. The van der Waals surface area contributed by atoms with Gasteiger partial charge < -0.3 is 10.4 Å². The van der Waals surface area contributed by atoms with Gasteiger partial charge in [-0.05, 0) is 26.7 Å². The molecule has 1 aromatic carbocycles. The minimum atomic E-state index is -0.752. The number of anilines is 1. The largest absolute Gasteiger partial charge is 0.481 e. The minimum absolute atomic E-state index is 0.162. The zero-order valence-electron chi connectivity index (χ0n) is 11.8. The number of aromatic nitrogens is 2. The number of fused-ring (bicyclic) bond motifs is 1. The maximum absolute atomic E-state index is 10.5. The van der Waals surface area contributed by atoms with E-state index in [0.29, 0.717) is 6.42 Å². The van der Waals surface area contributed by atoms with Crippen molar-refractivity contribution in [3.63, 3.8) is 0 Å². The first-order chi connectivity index (χ1) is 9.58. The van der Waals surface area contributed by atoms with Crippen molar-refractivity contribution in [1.82, 2.24) is 10.2 Å². The molecule has 5 nitrogen and oxygen atoms in total. The van der Waals surface area contributed by atoms with Crippen molar-refractivity contribution in [2.45, 2.75) is 39.2 Å². The summed E-state index contributed by atoms with van der Waals surface area (Å²) in [5, 5.41) is 22.5. The van der Waals surface area contributed by atoms with E-state index in [9.17, 15) is 4.79 Å². The van der Waals surface area contributed by atoms with Gasteiger partial charge in [0.25, 0.3) is 0 Å². The SMILES string of the molecule is Cc1nnc(NC(C)CCCC(=O)O)c2ccccc12. The summed E-state index contributed by atoms with van der Waals surface area (Å²) in [6.45, 7) is 3.97. The number of nitrogens with one attached hydrogen (secondary N) is 1. The molecule has 1 aromatic heterocycles. The van der Waals surface area contributed by atoms with Crippen molar-refractivity contribution in [3.8, 4) is 0 Å². The molecule has 5 heteroatoms. The summed E-state index contributed by atoms with van der Waals surface area (Å²) in [6.07, 6.45) is 1.64. The fourth-order valence-corrected chi connectivity index (χ4v) is 2.21. The van der Waals surface area contributed by atoms with Gasteiger partial charge >= 0.3 is 5.97 Å². The molecule has 2 N–H and O–H groups in total. The molecule has 0 bridgehead atoms. The molecule has 0 aliphatic rings. The number of carboxylic acids is 1. The standard InChI is InChI=1S/C15H19N3O2/c1-10(6-5-9-14(19)20)16-15-13-8-4-3-7-12(13)11(2)17-18-15/h3-4,7-8,10H,5-6,9H2,1-2H3,(H,16,18)(H,19,20). The normalized spacial score (nSPS) is 12.3. The van der Waals surface area contributed by atoms with Crippen LogP contribution >= 0.6 is 0 Å². The molecule has 1 atom stereocenters. The van der Waals surface area contributed by atoms with Gasteiger partial charge in [0.05, 0.1) is 5.69 Å². The molecule has 2 aromatic rings. The van der Waals surface area contributed by atoms with Crippen LogP contribution in [0.15, 0.2) is 24.3 Å². The molecule has 1 heterocycles. The molecule has 2 rings (SSSR count). The highest BCUT2D eigenvalue weighted by Gasteiger charge is 2.09. The number of hydrogen-bond acceptors (Lipinski definition) is 4. The summed E-state index contributed by atoms with van der Waals surface area (Å²) >= 11 is 0. The summed E-state index contributed by atoms with van der Waals surface area (Å²) in [6, 6.07) is 8.17. The molecule has 0 saturated carbocycles. The van der Waals surface area contributed by atoms with E-state index in [0.717, 1.165) is 28.7 Å². The summed E-state index contributed by atoms with van der Waals surface area (Å²) in [5.41, 5.74) is 0.907. The van der Waals surface area contributed by atoms with E-state index in [4.69, 9.17) is 5.11 Å². The average Bonchev–Trinajstić information content (AvgIpc) is 2.42. The second kappa shape index (κ2) is 6.32. The van der Waals surface area contributed by atoms with Crippen LogP contribution in [0.5, 0.6) is 0 Å². The second-order valence-electron chi connectivity index (χ2n) is 5.01. The molecular formula is C15H19N3O2. The number of carboxylic acid groups (broad SMARTS) is 1. The summed E-state index contributed by atoms with van der Waals surface area (Å²) in [7, 11) is 0. The lowest BCUT2D eigenvalue weighted by atomic mass is 10.1. The number of nitrogens with zero attached hydrogens (tertiary/aromatic N) is 2. The third-order valence-electron chi connectivity index (χ3n) is 3.28. The second-order valence-corrected chi connectivity index (χ2v) is 5.01. The van der Waals surface area contributed by atoms with E-state index in [-0.39, 0.29) is 12.5 Å². The molecule has 0 amide bonds. The minimum Gasteiger partial charge on any atom is -0.481 e. The van der Waals surface area contributed by atoms with Gasteiger partial charge in [-0.3, -0.25) is 4.79 Å². The van der Waals surface area contributed by atoms with Gasteiger partial charge in [0.2, 0.25) is 0 Å². The number of rotatable bonds is 6. The van der Waals surface area contributed by atoms with Crippen LogP contribution in [-0.2, 0) is 4.79 Å². The lowest BCUT2D eigenvalue weighted by Crippen LogP contribution is -2.17. The summed E-state index contributed by atoms with van der Waals surface area (Å²) in [4.78, 5) is 10.5. The maximum atomic E-state index is 10.5. The fourth-order valence-electron chi connectivity index (χ4n) is 2.21. The van der Waals surface area contributed by atoms with Crippen molar-refractivity contribution < 1.29 is 9.90 Å². The first-order valence-electron chi connectivity index (χ1n) is 6.78. The average molecular weight is 273 g/mol. The van der Waals surface area contributed by atoms with Crippen molar-refractivity contribution in [2.75, 3.05) is 5.32 Å². The highest BCUT2D eigenvalue weighted by molar-refractivity contribution is 5.92. The molecule has 106 valence electrons. The first-order valence-corrected chi connectivity index (χ1v) is 6.78. The van der Waals surface area contributed by atoms with Crippen LogP contribution in [0, 0.1) is 6.92 Å². The molecule has 0 spiro atoms. The Morgan fingerprint density at radius 1 is 1.30 bits per heavy atom. The van der Waals surface area contributed by atoms with Gasteiger partial charge in [0.1, 0.15) is 0 Å². The van der Waals surface area contributed by atoms with E-state index >= 15 is 0 Å². The predicted octanol–water partition coefficient (Wildman–Crippen LogP) is 2.99. The van der Waals surface area contributed by atoms with Crippen LogP contribution in [0.3, 0.4) is 0 Å². The Labute approximate surface area is 118 Å². The van der Waals surface area contributed by atoms with Crippen LogP contribution < -0.4 is 5.32 Å². The van der Waals surface area contributed by atoms with Crippen molar-refractivity contribution >= 4 is 22.6 Å². The van der Waals surface area contributed by atoms with Gasteiger partial charge in [-0.15, -0.1) is 5.10 Å². The summed E-state index contributed by atoms with van der Waals surface area (Å²) in [5.74, 6) is 0.00630. The summed E-state index contributed by atoms with van der Waals surface area (Å²) < 4.78 is 0. The zero-order chi connectivity index (χ0) is 14.5. The lowest BCUT2D eigenvalue weighted by Gasteiger charge is -2.15. The van der Waals surface area contributed by atoms with Crippen molar-refractivity contribution in [3.05, 3.63) is 30.0 Å². The van der Waals surface area contributed by atoms with E-state index in [1.54, 1.807) is 0 Å². The Hall–Kier alpha value is -2.17. The molecule has 0 radical (unpaired) electrons. The molecule has 0 fully saturated rings. The van der Waals surface area contributed by atoms with Crippen LogP contribution in [-0.4, -0.2) is 27.3 Å². The molecule has 0 aliphatic carbocycles. The van der Waals surface area contributed by atoms with Crippen molar-refractivity contribution in [1.29, 1.82) is 0 Å². The van der Waals surface area contributed by atoms with Gasteiger partial charge in [0, 0.05) is 23.2 Å². The van der Waals surface area contributed by atoms with E-state index in [1.165, 1.54) is 0 Å². The van der Waals surface area contributed by atoms with Crippen LogP contribution in [0.1, 0.15) is 31.9 Å². The van der Waals surface area contributed by atoms with Gasteiger partial charge in [-0.2, -0.15) is 5.10 Å². The maximum Gasteiger partial charge on any atom is 0.303 e. The monoisotopic (exact) mass is 273 g/mol. The van der Waals surface area contributed by atoms with Gasteiger partial charge in [-0.1, -0.05) is 24.3 Å². The number of aryl methyl sites for hydroxylation is 1. The van der Waals surface area contributed by atoms with Crippen molar-refractivity contribution in [2.24, 2.45) is 0 Å². The third-order valence-corrected chi connectivity index (χ3v) is 3.28. The quantitative estimate of drug-likeness (QED) is 0.846. The molecule has 20 heavy (non-hydrogen) atoms. The Morgan fingerprint density at radius 2 is 2.00 bits per heavy atom. The van der Waals surface area contributed by atoms with E-state index < -0.39 is 5.97 Å². The third kappa shape index (κ3) is 3.44. The molecular weight excluding hydrogens is 254 g/mol. The Kier molecular flexibility index (Phi) is 4.50. The van der Waals surface area contributed by atoms with Crippen LogP contribution in [0.4, 0.5) is 5.82 Å². The zero-order valence-corrected chi connectivity index (χ0v) is 11.8. The Morgan fingerprint density at radius 3 is 2.70 bits per heavy atom. The lowest BCUT2D eigenvalue weighted by molar-refractivity contribution is -0.137. The Bertz CT molecular complexity index is 613. The predicted molar refractivity (Wildman–Crippen MR) is 78.8 cm³/mol. The number of hydrogen-bond donors (Lipinski definition) is 2. The molecule has 0 aliphatic heterocycles. The van der Waals surface area contributed by atoms with E-state index in [1.807, 2.05) is 38.1 Å². The number of carbonyl (C=O) groups is 1. The van der Waals surface area contributed by atoms with Crippen LogP contribution in [0.2, 0.25) is 0 Å². The topological polar surface area (TPSA) is 75.1 Å². The molecule has 0 saturated heterocycles. The van der Waals surface area contributed by atoms with Gasteiger partial charge in [-0.25, -0.2) is 0 Å². The number of aliphatic carboxylic acids is 1. The smallest absolute Gasteiger partial charge is 0.303 e. The van der Waals surface area contributed by atoms with E-state index in [2.05, 4.69) is 15.5 Å². The number of benzene rings is 1.